The number of hydrogen-bond acceptors (Lipinski definition) is 2. The number of hydrogen-bond donors (Lipinski definition) is 0. The van der Waals surface area contributed by atoms with Gasteiger partial charge in [-0.3, -0.25) is 0 Å². The van der Waals surface area contributed by atoms with Gasteiger partial charge in [-0.25, -0.2) is 4.98 Å². The molecule has 168 valence electrons. The molecule has 3 heteroatoms. The van der Waals surface area contributed by atoms with Crippen LogP contribution in [0.2, 0.25) is 0 Å². The number of fused-ring (bicyclic) bond motifs is 8. The van der Waals surface area contributed by atoms with E-state index >= 15 is 0 Å². The highest BCUT2D eigenvalue weighted by Crippen LogP contribution is 2.41. The monoisotopic (exact) mass is 460 g/mol. The Hall–Kier alpha value is -4.89. The Morgan fingerprint density at radius 2 is 1.25 bits per heavy atom. The van der Waals surface area contributed by atoms with E-state index in [1.54, 1.807) is 0 Å². The van der Waals surface area contributed by atoms with Crippen molar-refractivity contribution >= 4 is 54.6 Å². The van der Waals surface area contributed by atoms with E-state index in [2.05, 4.69) is 108 Å². The van der Waals surface area contributed by atoms with Gasteiger partial charge in [0.15, 0.2) is 5.58 Å². The molecule has 8 rings (SSSR count). The number of rotatable bonds is 2. The van der Waals surface area contributed by atoms with Crippen molar-refractivity contribution in [1.29, 1.82) is 0 Å². The first-order valence-electron chi connectivity index (χ1n) is 12.2. The van der Waals surface area contributed by atoms with Gasteiger partial charge in [-0.2, -0.15) is 0 Å². The molecule has 3 heterocycles. The smallest absolute Gasteiger partial charge is 0.160 e. The Balaban J connectivity index is 1.60. The minimum Gasteiger partial charge on any atom is -0.454 e. The minimum absolute atomic E-state index is 0.904. The maximum atomic E-state index is 6.55. The van der Waals surface area contributed by atoms with Gasteiger partial charge < -0.3 is 8.98 Å². The summed E-state index contributed by atoms with van der Waals surface area (Å²) in [7, 11) is 0. The van der Waals surface area contributed by atoms with E-state index in [-0.39, 0.29) is 0 Å². The quantitative estimate of drug-likeness (QED) is 0.258. The maximum absolute atomic E-state index is 6.55. The van der Waals surface area contributed by atoms with Crippen LogP contribution >= 0.6 is 0 Å². The summed E-state index contributed by atoms with van der Waals surface area (Å²) in [6.07, 6.45) is 0. The molecule has 5 aromatic carbocycles. The molecule has 0 bridgehead atoms. The van der Waals surface area contributed by atoms with Crippen LogP contribution in [-0.2, 0) is 0 Å². The Labute approximate surface area is 206 Å². The Morgan fingerprint density at radius 1 is 0.556 bits per heavy atom. The molecule has 0 aliphatic heterocycles. The third-order valence-corrected chi connectivity index (χ3v) is 7.18. The SMILES string of the molecule is c1ccc(-c2cc(-n3c4ccccc4c4ccc5c6ccccc6oc5c43)c3ccccc3n2)cc1. The van der Waals surface area contributed by atoms with Crippen LogP contribution in [0.5, 0.6) is 0 Å². The first kappa shape index (κ1) is 19.4. The van der Waals surface area contributed by atoms with E-state index in [9.17, 15) is 0 Å². The van der Waals surface area contributed by atoms with Gasteiger partial charge in [-0.1, -0.05) is 91.0 Å². The molecule has 0 aliphatic carbocycles. The van der Waals surface area contributed by atoms with Gasteiger partial charge in [0.25, 0.3) is 0 Å². The zero-order valence-electron chi connectivity index (χ0n) is 19.3. The fourth-order valence-corrected chi connectivity index (χ4v) is 5.58. The molecular formula is C33H20N2O. The molecule has 0 radical (unpaired) electrons. The van der Waals surface area contributed by atoms with Gasteiger partial charge in [0, 0.05) is 32.5 Å². The van der Waals surface area contributed by atoms with Gasteiger partial charge in [0.1, 0.15) is 5.58 Å². The zero-order valence-corrected chi connectivity index (χ0v) is 19.3. The minimum atomic E-state index is 0.904. The zero-order chi connectivity index (χ0) is 23.6. The lowest BCUT2D eigenvalue weighted by molar-refractivity contribution is 0.671. The largest absolute Gasteiger partial charge is 0.454 e. The first-order valence-corrected chi connectivity index (χ1v) is 12.2. The van der Waals surface area contributed by atoms with Gasteiger partial charge >= 0.3 is 0 Å². The highest BCUT2D eigenvalue weighted by atomic mass is 16.3. The van der Waals surface area contributed by atoms with Crippen LogP contribution in [0.3, 0.4) is 0 Å². The predicted octanol–water partition coefficient (Wildman–Crippen LogP) is 8.90. The summed E-state index contributed by atoms with van der Waals surface area (Å²) in [5.41, 5.74) is 8.16. The summed E-state index contributed by atoms with van der Waals surface area (Å²) in [5, 5.41) is 5.75. The van der Waals surface area contributed by atoms with Crippen molar-refractivity contribution in [3.63, 3.8) is 0 Å². The molecule has 0 spiro atoms. The lowest BCUT2D eigenvalue weighted by Crippen LogP contribution is -1.98. The molecule has 3 nitrogen and oxygen atoms in total. The van der Waals surface area contributed by atoms with Crippen LogP contribution in [0.1, 0.15) is 0 Å². The van der Waals surface area contributed by atoms with Crippen molar-refractivity contribution < 1.29 is 4.42 Å². The summed E-state index contributed by atoms with van der Waals surface area (Å²) in [5.74, 6) is 0. The van der Waals surface area contributed by atoms with Crippen molar-refractivity contribution in [3.05, 3.63) is 121 Å². The van der Waals surface area contributed by atoms with Crippen LogP contribution in [0.4, 0.5) is 0 Å². The third kappa shape index (κ3) is 2.65. The number of para-hydroxylation sites is 3. The second-order valence-electron chi connectivity index (χ2n) is 9.20. The molecule has 8 aromatic rings. The number of pyridine rings is 1. The lowest BCUT2D eigenvalue weighted by Gasteiger charge is -2.14. The molecule has 0 amide bonds. The summed E-state index contributed by atoms with van der Waals surface area (Å²) in [6, 6.07) is 42.3. The van der Waals surface area contributed by atoms with Crippen molar-refractivity contribution in [2.75, 3.05) is 0 Å². The van der Waals surface area contributed by atoms with Gasteiger partial charge in [-0.05, 0) is 30.3 Å². The van der Waals surface area contributed by atoms with Crippen molar-refractivity contribution in [3.8, 4) is 16.9 Å². The van der Waals surface area contributed by atoms with Crippen molar-refractivity contribution in [2.45, 2.75) is 0 Å². The second kappa shape index (κ2) is 7.30. The van der Waals surface area contributed by atoms with Gasteiger partial charge in [0.05, 0.1) is 27.9 Å². The maximum Gasteiger partial charge on any atom is 0.160 e. The van der Waals surface area contributed by atoms with Crippen LogP contribution in [0, 0.1) is 0 Å². The average molecular weight is 461 g/mol. The fraction of sp³-hybridized carbons (Fsp3) is 0. The summed E-state index contributed by atoms with van der Waals surface area (Å²) in [4.78, 5) is 5.04. The molecular weight excluding hydrogens is 440 g/mol. The number of nitrogens with zero attached hydrogens (tertiary/aromatic N) is 2. The molecule has 0 saturated heterocycles. The molecule has 0 fully saturated rings. The number of furan rings is 1. The van der Waals surface area contributed by atoms with Crippen molar-refractivity contribution in [1.82, 2.24) is 9.55 Å². The van der Waals surface area contributed by atoms with Crippen LogP contribution in [0.25, 0.3) is 71.6 Å². The molecule has 36 heavy (non-hydrogen) atoms. The van der Waals surface area contributed by atoms with Crippen LogP contribution in [0.15, 0.2) is 126 Å². The average Bonchev–Trinajstić information content (AvgIpc) is 3.49. The highest BCUT2D eigenvalue weighted by Gasteiger charge is 2.20. The van der Waals surface area contributed by atoms with Crippen LogP contribution in [-0.4, -0.2) is 9.55 Å². The molecule has 0 N–H and O–H groups in total. The van der Waals surface area contributed by atoms with Gasteiger partial charge in [0.2, 0.25) is 0 Å². The number of aromatic nitrogens is 2. The van der Waals surface area contributed by atoms with E-state index in [4.69, 9.17) is 9.40 Å². The van der Waals surface area contributed by atoms with Crippen molar-refractivity contribution in [2.24, 2.45) is 0 Å². The standard InChI is InChI=1S/C33H20N2O/c1-2-10-21(11-3-1)28-20-30(26-14-4-7-15-27(26)34-28)35-29-16-8-5-12-22(29)24-18-19-25-23-13-6-9-17-31(23)36-33(25)32(24)35/h1-20H. The Bertz CT molecular complexity index is 2100. The molecule has 3 aromatic heterocycles. The predicted molar refractivity (Wildman–Crippen MR) is 149 cm³/mol. The summed E-state index contributed by atoms with van der Waals surface area (Å²) in [6.45, 7) is 0. The molecule has 0 unspecified atom stereocenters. The molecule has 0 aliphatic rings. The lowest BCUT2D eigenvalue weighted by atomic mass is 10.1. The third-order valence-electron chi connectivity index (χ3n) is 7.18. The van der Waals surface area contributed by atoms with E-state index in [0.717, 1.165) is 60.8 Å². The fourth-order valence-electron chi connectivity index (χ4n) is 5.58. The highest BCUT2D eigenvalue weighted by molar-refractivity contribution is 6.22. The molecule has 0 saturated carbocycles. The van der Waals surface area contributed by atoms with E-state index in [1.807, 2.05) is 18.2 Å². The summed E-state index contributed by atoms with van der Waals surface area (Å²) >= 11 is 0. The van der Waals surface area contributed by atoms with E-state index in [1.165, 1.54) is 10.8 Å². The second-order valence-corrected chi connectivity index (χ2v) is 9.20. The normalized spacial score (nSPS) is 11.9. The van der Waals surface area contributed by atoms with Crippen LogP contribution < -0.4 is 0 Å². The first-order chi connectivity index (χ1) is 17.9. The molecule has 0 atom stereocenters. The van der Waals surface area contributed by atoms with E-state index in [0.29, 0.717) is 0 Å². The summed E-state index contributed by atoms with van der Waals surface area (Å²) < 4.78 is 8.91. The van der Waals surface area contributed by atoms with Gasteiger partial charge in [-0.15, -0.1) is 0 Å². The Morgan fingerprint density at radius 3 is 2.14 bits per heavy atom. The number of benzene rings is 5. The van der Waals surface area contributed by atoms with E-state index < -0.39 is 0 Å². The Kier molecular flexibility index (Phi) is 3.94. The topological polar surface area (TPSA) is 31.0 Å².